The maximum Gasteiger partial charge on any atom is 0.118 e. The highest BCUT2D eigenvalue weighted by molar-refractivity contribution is 5.29. The summed E-state index contributed by atoms with van der Waals surface area (Å²) in [5.41, 5.74) is 7.10. The molecule has 3 nitrogen and oxygen atoms in total. The Morgan fingerprint density at radius 3 is 2.50 bits per heavy atom. The van der Waals surface area contributed by atoms with E-state index in [9.17, 15) is 0 Å². The van der Waals surface area contributed by atoms with Crippen LogP contribution in [-0.2, 0) is 0 Å². The lowest BCUT2D eigenvalue weighted by Gasteiger charge is -2.20. The van der Waals surface area contributed by atoms with E-state index in [0.29, 0.717) is 6.54 Å². The molecule has 1 fully saturated rings. The van der Waals surface area contributed by atoms with Gasteiger partial charge in [-0.05, 0) is 48.9 Å². The Morgan fingerprint density at radius 2 is 2.00 bits per heavy atom. The monoisotopic (exact) mass is 248 g/mol. The lowest BCUT2D eigenvalue weighted by atomic mass is 10.0. The summed E-state index contributed by atoms with van der Waals surface area (Å²) >= 11 is 0. The van der Waals surface area contributed by atoms with Crippen molar-refractivity contribution >= 4 is 0 Å². The summed E-state index contributed by atoms with van der Waals surface area (Å²) in [7, 11) is 1.69. The van der Waals surface area contributed by atoms with Crippen LogP contribution in [0, 0.1) is 11.8 Å². The van der Waals surface area contributed by atoms with E-state index in [-0.39, 0.29) is 6.04 Å². The second-order valence-electron chi connectivity index (χ2n) is 5.28. The van der Waals surface area contributed by atoms with Crippen LogP contribution in [0.4, 0.5) is 0 Å². The molecule has 1 aromatic rings. The highest BCUT2D eigenvalue weighted by atomic mass is 16.5. The van der Waals surface area contributed by atoms with Crippen LogP contribution in [0.3, 0.4) is 0 Å². The average molecular weight is 248 g/mol. The van der Waals surface area contributed by atoms with E-state index in [1.165, 1.54) is 18.4 Å². The number of nitrogens with one attached hydrogen (secondary N) is 1. The topological polar surface area (TPSA) is 47.3 Å². The third-order valence-corrected chi connectivity index (χ3v) is 3.87. The number of hydrogen-bond acceptors (Lipinski definition) is 3. The summed E-state index contributed by atoms with van der Waals surface area (Å²) in [5, 5.41) is 3.58. The summed E-state index contributed by atoms with van der Waals surface area (Å²) in [6.07, 6.45) is 2.80. The Labute approximate surface area is 110 Å². The molecule has 0 radical (unpaired) electrons. The molecule has 0 spiro atoms. The zero-order valence-corrected chi connectivity index (χ0v) is 11.4. The van der Waals surface area contributed by atoms with Gasteiger partial charge >= 0.3 is 0 Å². The lowest BCUT2D eigenvalue weighted by Crippen LogP contribution is -2.32. The Bertz CT molecular complexity index is 359. The number of ether oxygens (including phenoxy) is 1. The van der Waals surface area contributed by atoms with Gasteiger partial charge in [0.15, 0.2) is 0 Å². The lowest BCUT2D eigenvalue weighted by molar-refractivity contribution is 0.412. The van der Waals surface area contributed by atoms with Crippen LogP contribution in [-0.4, -0.2) is 20.2 Å². The van der Waals surface area contributed by atoms with Crippen molar-refractivity contribution in [2.24, 2.45) is 17.6 Å². The van der Waals surface area contributed by atoms with Gasteiger partial charge in [-0.15, -0.1) is 0 Å². The zero-order valence-electron chi connectivity index (χ0n) is 11.4. The minimum atomic E-state index is 0.247. The quantitative estimate of drug-likeness (QED) is 0.778. The second-order valence-corrected chi connectivity index (χ2v) is 5.28. The van der Waals surface area contributed by atoms with E-state index in [4.69, 9.17) is 10.5 Å². The average Bonchev–Trinajstić information content (AvgIpc) is 3.24. The second kappa shape index (κ2) is 6.21. The smallest absolute Gasteiger partial charge is 0.118 e. The summed E-state index contributed by atoms with van der Waals surface area (Å²) in [5.74, 6) is 2.59. The van der Waals surface area contributed by atoms with Crippen molar-refractivity contribution in [3.63, 3.8) is 0 Å². The van der Waals surface area contributed by atoms with Crippen LogP contribution >= 0.6 is 0 Å². The molecule has 1 aliphatic carbocycles. The van der Waals surface area contributed by atoms with Crippen LogP contribution in [0.2, 0.25) is 0 Å². The molecule has 0 bridgehead atoms. The van der Waals surface area contributed by atoms with Crippen molar-refractivity contribution in [2.75, 3.05) is 20.2 Å². The molecule has 2 rings (SSSR count). The Balaban J connectivity index is 1.89. The molecule has 1 aliphatic rings. The van der Waals surface area contributed by atoms with Gasteiger partial charge < -0.3 is 15.8 Å². The first-order chi connectivity index (χ1) is 8.74. The van der Waals surface area contributed by atoms with Gasteiger partial charge in [0.1, 0.15) is 5.75 Å². The van der Waals surface area contributed by atoms with E-state index in [1.54, 1.807) is 7.11 Å². The van der Waals surface area contributed by atoms with E-state index in [1.807, 2.05) is 12.1 Å². The fraction of sp³-hybridized carbons (Fsp3) is 0.600. The van der Waals surface area contributed by atoms with Crippen LogP contribution < -0.4 is 15.8 Å². The van der Waals surface area contributed by atoms with Crippen molar-refractivity contribution < 1.29 is 4.74 Å². The minimum absolute atomic E-state index is 0.247. The van der Waals surface area contributed by atoms with Gasteiger partial charge in [0.2, 0.25) is 0 Å². The highest BCUT2D eigenvalue weighted by Gasteiger charge is 2.27. The standard InChI is InChI=1S/C15H24N2O/c1-11(12-3-4-12)10-17-15(9-16)13-5-7-14(18-2)8-6-13/h5-8,11-12,15,17H,3-4,9-10,16H2,1-2H3. The van der Waals surface area contributed by atoms with Crippen molar-refractivity contribution in [2.45, 2.75) is 25.8 Å². The zero-order chi connectivity index (χ0) is 13.0. The molecule has 2 unspecified atom stereocenters. The van der Waals surface area contributed by atoms with Gasteiger partial charge in [-0.3, -0.25) is 0 Å². The molecule has 0 aromatic heterocycles. The van der Waals surface area contributed by atoms with E-state index >= 15 is 0 Å². The number of methoxy groups -OCH3 is 1. The third kappa shape index (κ3) is 3.47. The maximum absolute atomic E-state index is 5.86. The molecular weight excluding hydrogens is 224 g/mol. The van der Waals surface area contributed by atoms with Crippen LogP contribution in [0.15, 0.2) is 24.3 Å². The molecule has 100 valence electrons. The third-order valence-electron chi connectivity index (χ3n) is 3.87. The minimum Gasteiger partial charge on any atom is -0.497 e. The number of nitrogens with two attached hydrogens (primary N) is 1. The fourth-order valence-electron chi connectivity index (χ4n) is 2.33. The predicted octanol–water partition coefficient (Wildman–Crippen LogP) is 2.33. The molecule has 0 heterocycles. The SMILES string of the molecule is COc1ccc(C(CN)NCC(C)C2CC2)cc1. The van der Waals surface area contributed by atoms with Gasteiger partial charge in [-0.2, -0.15) is 0 Å². The van der Waals surface area contributed by atoms with Gasteiger partial charge in [0.05, 0.1) is 7.11 Å². The molecule has 2 atom stereocenters. The Hall–Kier alpha value is -1.06. The van der Waals surface area contributed by atoms with Gasteiger partial charge in [-0.25, -0.2) is 0 Å². The Morgan fingerprint density at radius 1 is 1.33 bits per heavy atom. The summed E-state index contributed by atoms with van der Waals surface area (Å²) in [6.45, 7) is 4.01. The first-order valence-electron chi connectivity index (χ1n) is 6.82. The van der Waals surface area contributed by atoms with Gasteiger partial charge in [0, 0.05) is 12.6 Å². The van der Waals surface area contributed by atoms with Crippen LogP contribution in [0.5, 0.6) is 5.75 Å². The van der Waals surface area contributed by atoms with Crippen LogP contribution in [0.25, 0.3) is 0 Å². The molecule has 3 heteroatoms. The first kappa shape index (κ1) is 13.4. The largest absolute Gasteiger partial charge is 0.497 e. The van der Waals surface area contributed by atoms with Gasteiger partial charge in [0.25, 0.3) is 0 Å². The van der Waals surface area contributed by atoms with Gasteiger partial charge in [-0.1, -0.05) is 19.1 Å². The van der Waals surface area contributed by atoms with Crippen molar-refractivity contribution in [1.29, 1.82) is 0 Å². The van der Waals surface area contributed by atoms with Crippen molar-refractivity contribution in [3.05, 3.63) is 29.8 Å². The molecule has 0 saturated heterocycles. The van der Waals surface area contributed by atoms with E-state index in [0.717, 1.165) is 24.1 Å². The maximum atomic E-state index is 5.86. The first-order valence-corrected chi connectivity index (χ1v) is 6.82. The molecular formula is C15H24N2O. The summed E-state index contributed by atoms with van der Waals surface area (Å²) < 4.78 is 5.17. The molecule has 1 saturated carbocycles. The molecule has 1 aromatic carbocycles. The van der Waals surface area contributed by atoms with E-state index < -0.39 is 0 Å². The summed E-state index contributed by atoms with van der Waals surface area (Å²) in [6, 6.07) is 8.40. The number of rotatable bonds is 7. The predicted molar refractivity (Wildman–Crippen MR) is 74.7 cm³/mol. The molecule has 0 aliphatic heterocycles. The molecule has 3 N–H and O–H groups in total. The Kier molecular flexibility index (Phi) is 4.61. The van der Waals surface area contributed by atoms with Crippen molar-refractivity contribution in [1.82, 2.24) is 5.32 Å². The highest BCUT2D eigenvalue weighted by Crippen LogP contribution is 2.36. The van der Waals surface area contributed by atoms with Crippen molar-refractivity contribution in [3.8, 4) is 5.75 Å². The van der Waals surface area contributed by atoms with Crippen LogP contribution in [0.1, 0.15) is 31.4 Å². The number of hydrogen-bond donors (Lipinski definition) is 2. The summed E-state index contributed by atoms with van der Waals surface area (Å²) in [4.78, 5) is 0. The number of benzene rings is 1. The normalized spacial score (nSPS) is 18.4. The molecule has 18 heavy (non-hydrogen) atoms. The van der Waals surface area contributed by atoms with E-state index in [2.05, 4.69) is 24.4 Å². The fourth-order valence-corrected chi connectivity index (χ4v) is 2.33. The molecule has 0 amide bonds.